The zero-order valence-electron chi connectivity index (χ0n) is 20.7. The Labute approximate surface area is 224 Å². The maximum Gasteiger partial charge on any atom is 0.235 e. The third-order valence-electron chi connectivity index (χ3n) is 7.78. The summed E-state index contributed by atoms with van der Waals surface area (Å²) in [6, 6.07) is 11.7. The molecule has 8 bridgehead atoms. The summed E-state index contributed by atoms with van der Waals surface area (Å²) in [6.07, 6.45) is 9.81. The molecule has 4 aromatic heterocycles. The van der Waals surface area contributed by atoms with E-state index >= 15 is 4.39 Å². The van der Waals surface area contributed by atoms with Crippen molar-refractivity contribution in [1.82, 2.24) is 34.7 Å². The number of hydrogen-bond acceptors (Lipinski definition) is 6. The monoisotopic (exact) mass is 535 g/mol. The van der Waals surface area contributed by atoms with E-state index in [1.54, 1.807) is 29.2 Å². The first-order chi connectivity index (χ1) is 19.2. The summed E-state index contributed by atoms with van der Waals surface area (Å²) < 4.78 is 18.9. The standard InChI is InChI=1S/C29H22FN7OS/c30-24-23-20-14-32-25(24)16-11-17(13-31-12-16)37(29(38)15-5-2-1-3-6-15)22-10-9-21(39-22)18-7-4-8-19-26(18)34-28(33-19)27(23)36-35-20/h4,7-15,35-36H,1-3,5-6H2. The van der Waals surface area contributed by atoms with Crippen molar-refractivity contribution in [2.45, 2.75) is 32.1 Å². The molecule has 39 heavy (non-hydrogen) atoms. The van der Waals surface area contributed by atoms with Gasteiger partial charge in [-0.2, -0.15) is 0 Å². The molecule has 3 aliphatic rings. The second-order valence-electron chi connectivity index (χ2n) is 10.1. The molecule has 1 aromatic carbocycles. The fraction of sp³-hybridized carbons (Fsp3) is 0.207. The summed E-state index contributed by atoms with van der Waals surface area (Å²) in [4.78, 5) is 33.3. The summed E-state index contributed by atoms with van der Waals surface area (Å²) in [5.41, 5.74) is 3.86. The van der Waals surface area contributed by atoms with Crippen molar-refractivity contribution in [2.75, 3.05) is 0 Å². The van der Waals surface area contributed by atoms with E-state index < -0.39 is 5.82 Å². The Balaban J connectivity index is 1.57. The molecule has 1 saturated carbocycles. The van der Waals surface area contributed by atoms with Crippen molar-refractivity contribution in [1.29, 1.82) is 0 Å². The van der Waals surface area contributed by atoms with Crippen LogP contribution in [0, 0.1) is 11.7 Å². The quantitative estimate of drug-likeness (QED) is 0.232. The van der Waals surface area contributed by atoms with Crippen LogP contribution in [0.15, 0.2) is 55.0 Å². The molecule has 0 unspecified atom stereocenters. The maximum absolute atomic E-state index is 16.2. The predicted molar refractivity (Wildman–Crippen MR) is 151 cm³/mol. The van der Waals surface area contributed by atoms with Gasteiger partial charge in [0, 0.05) is 27.6 Å². The molecule has 6 heterocycles. The molecule has 2 N–H and O–H groups in total. The Bertz CT molecular complexity index is 2110. The number of pyridine rings is 2. The number of aromatic amines is 2. The highest BCUT2D eigenvalue weighted by atomic mass is 32.1. The van der Waals surface area contributed by atoms with E-state index in [2.05, 4.69) is 20.2 Å². The van der Waals surface area contributed by atoms with E-state index in [-0.39, 0.29) is 17.3 Å². The maximum atomic E-state index is 16.2. The van der Waals surface area contributed by atoms with Crippen molar-refractivity contribution in [3.63, 3.8) is 0 Å². The Hall–Kier alpha value is -4.44. The average molecular weight is 536 g/mol. The number of rotatable bonds is 1. The molecule has 1 aliphatic carbocycles. The topological polar surface area (TPSA) is 105 Å². The lowest BCUT2D eigenvalue weighted by Gasteiger charge is -2.21. The van der Waals surface area contributed by atoms with Crippen LogP contribution < -0.4 is 0 Å². The van der Waals surface area contributed by atoms with E-state index in [4.69, 9.17) is 9.97 Å². The van der Waals surface area contributed by atoms with Gasteiger partial charge in [-0.05, 0) is 37.1 Å². The molecule has 0 radical (unpaired) electrons. The molecule has 0 amide bonds. The van der Waals surface area contributed by atoms with Gasteiger partial charge >= 0.3 is 0 Å². The number of carbonyl (C=O) groups excluding carboxylic acids is 1. The van der Waals surface area contributed by atoms with Gasteiger partial charge in [-0.3, -0.25) is 29.5 Å². The molecule has 0 saturated heterocycles. The number of fused-ring (bicyclic) bond motifs is 9. The highest BCUT2D eigenvalue weighted by Crippen LogP contribution is 2.35. The third-order valence-corrected chi connectivity index (χ3v) is 8.89. The molecule has 5 aromatic rings. The van der Waals surface area contributed by atoms with Gasteiger partial charge in [0.1, 0.15) is 16.0 Å². The molecule has 2 aliphatic heterocycles. The number of benzene rings is 1. The predicted octanol–water partition coefficient (Wildman–Crippen LogP) is 7.14. The molecule has 0 spiro atoms. The molecular weight excluding hydrogens is 513 g/mol. The number of aromatic nitrogens is 7. The molecule has 10 heteroatoms. The van der Waals surface area contributed by atoms with Gasteiger partial charge in [0.05, 0.1) is 40.0 Å². The molecule has 8 rings (SSSR count). The van der Waals surface area contributed by atoms with Gasteiger partial charge in [-0.25, -0.2) is 14.4 Å². The van der Waals surface area contributed by atoms with E-state index in [0.29, 0.717) is 38.8 Å². The summed E-state index contributed by atoms with van der Waals surface area (Å²) in [5, 5.41) is 7.45. The fourth-order valence-electron chi connectivity index (χ4n) is 5.85. The number of halogens is 1. The Morgan fingerprint density at radius 2 is 1.90 bits per heavy atom. The Morgan fingerprint density at radius 3 is 2.79 bits per heavy atom. The fourth-order valence-corrected chi connectivity index (χ4v) is 6.91. The number of nitrogens with one attached hydrogen (secondary N) is 2. The van der Waals surface area contributed by atoms with Crippen LogP contribution in [0.2, 0.25) is 0 Å². The lowest BCUT2D eigenvalue weighted by molar-refractivity contribution is 0.0812. The minimum absolute atomic E-state index is 0.0476. The first kappa shape index (κ1) is 22.5. The number of nitrogens with zero attached hydrogens (tertiary/aromatic N) is 5. The highest BCUT2D eigenvalue weighted by Gasteiger charge is 2.24. The number of imidazole rings is 1. The lowest BCUT2D eigenvalue weighted by Crippen LogP contribution is -2.24. The summed E-state index contributed by atoms with van der Waals surface area (Å²) >= 11 is 1.53. The average Bonchev–Trinajstić information content (AvgIpc) is 3.72. The zero-order valence-corrected chi connectivity index (χ0v) is 21.6. The SMILES string of the molecule is O=C(C1CCCCC1)n1c2cncc(c2)c2ncc3[nH][nH]c(c4nc5cccc(c6ccc1s6)c5n4)-c3c2F. The van der Waals surface area contributed by atoms with Gasteiger partial charge in [-0.1, -0.05) is 31.4 Å². The number of para-hydroxylation sites is 1. The van der Waals surface area contributed by atoms with Crippen molar-refractivity contribution in [3.05, 3.63) is 60.8 Å². The molecule has 192 valence electrons. The Morgan fingerprint density at radius 1 is 1.00 bits per heavy atom. The number of carbonyl (C=O) groups is 1. The summed E-state index contributed by atoms with van der Waals surface area (Å²) in [6.45, 7) is 0. The summed E-state index contributed by atoms with van der Waals surface area (Å²) in [7, 11) is 0. The van der Waals surface area contributed by atoms with Gasteiger partial charge in [0.15, 0.2) is 11.5 Å². The molecule has 8 nitrogen and oxygen atoms in total. The van der Waals surface area contributed by atoms with Gasteiger partial charge in [0.2, 0.25) is 5.91 Å². The van der Waals surface area contributed by atoms with Crippen LogP contribution >= 0.6 is 11.3 Å². The van der Waals surface area contributed by atoms with E-state index in [0.717, 1.165) is 52.5 Å². The molecule has 0 atom stereocenters. The lowest BCUT2D eigenvalue weighted by atomic mass is 9.88. The van der Waals surface area contributed by atoms with Gasteiger partial charge < -0.3 is 0 Å². The smallest absolute Gasteiger partial charge is 0.235 e. The molecular formula is C29H22FN7OS. The van der Waals surface area contributed by atoms with E-state index in [9.17, 15) is 4.79 Å². The third kappa shape index (κ3) is 3.44. The largest absolute Gasteiger partial charge is 0.298 e. The number of thiophene rings is 1. The minimum Gasteiger partial charge on any atom is -0.298 e. The summed E-state index contributed by atoms with van der Waals surface area (Å²) in [5.74, 6) is -0.525. The normalized spacial score (nSPS) is 14.8. The van der Waals surface area contributed by atoms with Gasteiger partial charge in [-0.15, -0.1) is 11.3 Å². The van der Waals surface area contributed by atoms with Crippen LogP contribution in [-0.2, 0) is 0 Å². The number of H-pyrrole nitrogens is 2. The minimum atomic E-state index is -0.508. The van der Waals surface area contributed by atoms with Crippen LogP contribution in [0.5, 0.6) is 0 Å². The highest BCUT2D eigenvalue weighted by molar-refractivity contribution is 7.24. The van der Waals surface area contributed by atoms with Crippen molar-refractivity contribution in [3.8, 4) is 11.3 Å². The van der Waals surface area contributed by atoms with Crippen molar-refractivity contribution >= 4 is 70.8 Å². The van der Waals surface area contributed by atoms with E-state index in [1.807, 2.05) is 30.3 Å². The zero-order chi connectivity index (χ0) is 26.1. The van der Waals surface area contributed by atoms with Crippen LogP contribution in [0.4, 0.5) is 4.39 Å². The second-order valence-corrected chi connectivity index (χ2v) is 11.2. The van der Waals surface area contributed by atoms with Crippen LogP contribution in [0.3, 0.4) is 0 Å². The van der Waals surface area contributed by atoms with Crippen LogP contribution in [0.25, 0.3) is 64.8 Å². The van der Waals surface area contributed by atoms with Crippen molar-refractivity contribution in [2.24, 2.45) is 5.92 Å². The van der Waals surface area contributed by atoms with Crippen LogP contribution in [-0.4, -0.2) is 40.6 Å². The Kier molecular flexibility index (Phi) is 4.93. The first-order valence-electron chi connectivity index (χ1n) is 13.1. The van der Waals surface area contributed by atoms with Gasteiger partial charge in [0.25, 0.3) is 0 Å². The van der Waals surface area contributed by atoms with E-state index in [1.165, 1.54) is 11.3 Å². The second kappa shape index (κ2) is 8.54. The number of hydrogen-bond donors (Lipinski definition) is 2. The first-order valence-corrected chi connectivity index (χ1v) is 13.9. The molecule has 1 fully saturated rings. The van der Waals surface area contributed by atoms with Crippen molar-refractivity contribution < 1.29 is 9.18 Å². The van der Waals surface area contributed by atoms with Crippen LogP contribution in [0.1, 0.15) is 36.9 Å².